The molecule has 140 valence electrons. The Bertz CT molecular complexity index is 832. The van der Waals surface area contributed by atoms with Gasteiger partial charge in [-0.2, -0.15) is 0 Å². The van der Waals surface area contributed by atoms with E-state index in [1.165, 1.54) is 0 Å². The number of aliphatic carboxylic acids is 1. The molecule has 1 aliphatic rings. The van der Waals surface area contributed by atoms with Gasteiger partial charge in [-0.15, -0.1) is 0 Å². The first-order chi connectivity index (χ1) is 11.5. The van der Waals surface area contributed by atoms with Crippen molar-refractivity contribution in [3.05, 3.63) is 31.5 Å². The topological polar surface area (TPSA) is 194 Å². The number of aromatic amines is 1. The van der Waals surface area contributed by atoms with Crippen molar-refractivity contribution in [2.75, 3.05) is 12.8 Å². The van der Waals surface area contributed by atoms with Crippen LogP contribution >= 0.6 is 23.5 Å². The van der Waals surface area contributed by atoms with Gasteiger partial charge in [0, 0.05) is 12.2 Å². The number of carbonyl (C=O) groups is 1. The maximum atomic E-state index is 11.8. The van der Waals surface area contributed by atoms with E-state index in [0.29, 0.717) is 0 Å². The van der Waals surface area contributed by atoms with Gasteiger partial charge in [-0.1, -0.05) is 0 Å². The average molecular weight is 489 g/mol. The van der Waals surface area contributed by atoms with Crippen LogP contribution in [0.1, 0.15) is 6.23 Å². The smallest absolute Gasteiger partial charge is 0.778 e. The quantitative estimate of drug-likeness (QED) is 0.255. The Balaban J connectivity index is 0.00000338. The Morgan fingerprint density at radius 1 is 1.37 bits per heavy atom. The number of aliphatic hydroxyl groups excluding tert-OH is 2. The Labute approximate surface area is 204 Å². The van der Waals surface area contributed by atoms with Gasteiger partial charge in [-0.25, -0.2) is 4.79 Å². The zero-order valence-electron chi connectivity index (χ0n) is 14.2. The van der Waals surface area contributed by atoms with E-state index in [1.807, 2.05) is 4.98 Å². The van der Waals surface area contributed by atoms with Gasteiger partial charge >= 0.3 is 64.8 Å². The second-order valence-electron chi connectivity index (χ2n) is 5.13. The fourth-order valence-electron chi connectivity index (χ4n) is 2.14. The number of carbonyl (C=O) groups excluding carboxylic acids is 1. The monoisotopic (exact) mass is 488 g/mol. The number of hydrogen-bond donors (Lipinski definition) is 3. The van der Waals surface area contributed by atoms with Crippen molar-refractivity contribution >= 4 is 29.5 Å². The van der Waals surface area contributed by atoms with Crippen molar-refractivity contribution in [3.63, 3.8) is 0 Å². The second-order valence-corrected chi connectivity index (χ2v) is 7.78. The summed E-state index contributed by atoms with van der Waals surface area (Å²) in [5.74, 6) is -1.87. The van der Waals surface area contributed by atoms with E-state index in [1.54, 1.807) is 0 Å². The average Bonchev–Trinajstić information content (AvgIpc) is 2.76. The van der Waals surface area contributed by atoms with Gasteiger partial charge in [0.05, 0.1) is 17.2 Å². The summed E-state index contributed by atoms with van der Waals surface area (Å²) in [7, 11) is -4.77. The van der Waals surface area contributed by atoms with E-state index < -0.39 is 62.1 Å². The number of H-pyrrole nitrogens is 1. The molecule has 2 heterocycles. The standard InChI is InChI=1S/C11H14BrN2O10P.2Na/c12-4-1-14(11(20)13-9(4)19)10-8(18)7(17)5(24-10)2-23-25(21,22)3-6(15)16;;/h1,5,7-8,10,17-18H,2-3H2,(H,15,16)(H,21,22)(H,13,19,20);;/q;2*+1/p-2/t5-,7-,8+,10-;;/m1../s1. The van der Waals surface area contributed by atoms with Crippen LogP contribution < -0.4 is 80.4 Å². The molecule has 0 aromatic carbocycles. The van der Waals surface area contributed by atoms with E-state index in [9.17, 15) is 39.2 Å². The molecule has 0 saturated carbocycles. The van der Waals surface area contributed by atoms with E-state index in [0.717, 1.165) is 10.8 Å². The summed E-state index contributed by atoms with van der Waals surface area (Å²) >= 11 is 2.89. The first-order valence-corrected chi connectivity index (χ1v) is 9.21. The van der Waals surface area contributed by atoms with Crippen molar-refractivity contribution in [1.29, 1.82) is 0 Å². The molecule has 1 aromatic heterocycles. The van der Waals surface area contributed by atoms with Crippen LogP contribution in [0.2, 0.25) is 0 Å². The van der Waals surface area contributed by atoms with Gasteiger partial charge in [0.1, 0.15) is 25.9 Å². The summed E-state index contributed by atoms with van der Waals surface area (Å²) in [6, 6.07) is 0. The normalized spacial score (nSPS) is 26.5. The molecule has 0 spiro atoms. The Hall–Kier alpha value is 0.660. The summed E-state index contributed by atoms with van der Waals surface area (Å²) in [6.45, 7) is -0.790. The van der Waals surface area contributed by atoms with Gasteiger partial charge in [-0.3, -0.25) is 14.3 Å². The molecular formula is C11H12BrN2Na2O10P. The van der Waals surface area contributed by atoms with E-state index in [-0.39, 0.29) is 63.6 Å². The molecule has 5 atom stereocenters. The number of nitrogens with zero attached hydrogens (tertiary/aromatic N) is 1. The fourth-order valence-corrected chi connectivity index (χ4v) is 3.24. The molecular weight excluding hydrogens is 477 g/mol. The van der Waals surface area contributed by atoms with Crippen molar-refractivity contribution in [3.8, 4) is 0 Å². The molecule has 1 unspecified atom stereocenters. The molecule has 3 N–H and O–H groups in total. The SMILES string of the molecule is O=C([O-])CP(=O)([O-])OC[C@H]1O[C@@H](n2cc(Br)c(=O)[nH]c2=O)[C@@H](O)[C@@H]1O.[Na+].[Na+]. The zero-order valence-corrected chi connectivity index (χ0v) is 20.7. The summed E-state index contributed by atoms with van der Waals surface area (Å²) in [4.78, 5) is 46.7. The zero-order chi connectivity index (χ0) is 18.9. The van der Waals surface area contributed by atoms with Crippen LogP contribution in [0, 0.1) is 0 Å². The number of halogens is 1. The number of carboxylic acid groups (broad SMARTS) is 1. The summed E-state index contributed by atoms with van der Waals surface area (Å²) in [5.41, 5.74) is -1.65. The van der Waals surface area contributed by atoms with Gasteiger partial charge in [0.15, 0.2) is 6.23 Å². The van der Waals surface area contributed by atoms with Gasteiger partial charge in [0.2, 0.25) is 0 Å². The third-order valence-corrected chi connectivity index (χ3v) is 5.05. The van der Waals surface area contributed by atoms with E-state index in [4.69, 9.17) is 4.74 Å². The third-order valence-electron chi connectivity index (χ3n) is 3.29. The molecule has 1 aliphatic heterocycles. The van der Waals surface area contributed by atoms with Gasteiger partial charge in [-0.05, 0) is 15.9 Å². The number of ether oxygens (including phenoxy) is 1. The maximum absolute atomic E-state index is 11.8. The molecule has 1 fully saturated rings. The maximum Gasteiger partial charge on any atom is 1.00 e. The van der Waals surface area contributed by atoms with Gasteiger partial charge in [0.25, 0.3) is 5.56 Å². The van der Waals surface area contributed by atoms with Crippen LogP contribution in [0.15, 0.2) is 20.3 Å². The molecule has 2 rings (SSSR count). The first kappa shape index (κ1) is 27.7. The Morgan fingerprint density at radius 3 is 2.52 bits per heavy atom. The van der Waals surface area contributed by atoms with Crippen molar-refractivity contribution in [2.45, 2.75) is 24.5 Å². The van der Waals surface area contributed by atoms with Crippen molar-refractivity contribution < 1.29 is 97.9 Å². The van der Waals surface area contributed by atoms with Crippen molar-refractivity contribution in [1.82, 2.24) is 9.55 Å². The third kappa shape index (κ3) is 7.14. The van der Waals surface area contributed by atoms with E-state index in [2.05, 4.69) is 20.5 Å². The molecule has 27 heavy (non-hydrogen) atoms. The molecule has 12 nitrogen and oxygen atoms in total. The number of rotatable bonds is 6. The minimum atomic E-state index is -4.77. The van der Waals surface area contributed by atoms with Crippen LogP contribution in [-0.2, 0) is 18.6 Å². The predicted octanol–water partition coefficient (Wildman–Crippen LogP) is -9.75. The summed E-state index contributed by atoms with van der Waals surface area (Å²) in [5, 5.41) is 30.2. The minimum absolute atomic E-state index is 0. The van der Waals surface area contributed by atoms with Crippen LogP contribution in [0.4, 0.5) is 0 Å². The molecule has 16 heteroatoms. The second kappa shape index (κ2) is 11.2. The Morgan fingerprint density at radius 2 is 1.96 bits per heavy atom. The molecule has 0 aliphatic carbocycles. The number of hydrogen-bond acceptors (Lipinski definition) is 10. The number of nitrogens with one attached hydrogen (secondary N) is 1. The van der Waals surface area contributed by atoms with Crippen molar-refractivity contribution in [2.24, 2.45) is 0 Å². The summed E-state index contributed by atoms with van der Waals surface area (Å²) in [6.07, 6.45) is -6.42. The van der Waals surface area contributed by atoms with Gasteiger partial charge < -0.3 is 38.8 Å². The van der Waals surface area contributed by atoms with Crippen LogP contribution in [-0.4, -0.2) is 56.8 Å². The minimum Gasteiger partial charge on any atom is -0.778 e. The predicted molar refractivity (Wildman–Crippen MR) is 78.4 cm³/mol. The molecule has 0 amide bonds. The molecule has 0 bridgehead atoms. The largest absolute Gasteiger partial charge is 1.00 e. The Kier molecular flexibility index (Phi) is 11.4. The number of carboxylic acids is 1. The molecule has 1 saturated heterocycles. The molecule has 0 radical (unpaired) electrons. The first-order valence-electron chi connectivity index (χ1n) is 6.69. The van der Waals surface area contributed by atoms with E-state index >= 15 is 0 Å². The summed E-state index contributed by atoms with van der Waals surface area (Å²) < 4.78 is 21.7. The molecule has 1 aromatic rings. The fraction of sp³-hybridized carbons (Fsp3) is 0.545. The van der Waals surface area contributed by atoms with Crippen LogP contribution in [0.3, 0.4) is 0 Å². The number of aromatic nitrogens is 2. The number of aliphatic hydroxyl groups is 2. The van der Waals surface area contributed by atoms with Crippen LogP contribution in [0.5, 0.6) is 0 Å². The van der Waals surface area contributed by atoms with Crippen LogP contribution in [0.25, 0.3) is 0 Å².